The molecule has 3 rings (SSSR count). The molecule has 0 radical (unpaired) electrons. The molecule has 116 valence electrons. The summed E-state index contributed by atoms with van der Waals surface area (Å²) >= 11 is 0. The van der Waals surface area contributed by atoms with Gasteiger partial charge >= 0.3 is 0 Å². The van der Waals surface area contributed by atoms with Gasteiger partial charge in [-0.1, -0.05) is 84.9 Å². The Kier molecular flexibility index (Phi) is 4.86. The van der Waals surface area contributed by atoms with Crippen molar-refractivity contribution in [2.75, 3.05) is 7.05 Å². The molecule has 0 bridgehead atoms. The van der Waals surface area contributed by atoms with E-state index in [1.807, 2.05) is 31.3 Å². The summed E-state index contributed by atoms with van der Waals surface area (Å²) in [5.74, 6) is 0. The second-order valence-electron chi connectivity index (χ2n) is 5.65. The lowest BCUT2D eigenvalue weighted by Gasteiger charge is -2.24. The van der Waals surface area contributed by atoms with Gasteiger partial charge in [-0.15, -0.1) is 0 Å². The molecule has 0 amide bonds. The highest BCUT2D eigenvalue weighted by molar-refractivity contribution is 5.42. The maximum atomic E-state index is 6.56. The summed E-state index contributed by atoms with van der Waals surface area (Å²) in [6.45, 7) is 0. The van der Waals surface area contributed by atoms with E-state index >= 15 is 0 Å². The van der Waals surface area contributed by atoms with Crippen LogP contribution in [0.5, 0.6) is 0 Å². The molecule has 2 atom stereocenters. The number of nitrogens with two attached hydrogens (primary N) is 1. The normalized spacial score (nSPS) is 13.5. The van der Waals surface area contributed by atoms with Gasteiger partial charge in [0.05, 0.1) is 12.1 Å². The minimum atomic E-state index is -0.132. The zero-order chi connectivity index (χ0) is 16.1. The Morgan fingerprint density at radius 3 is 1.70 bits per heavy atom. The monoisotopic (exact) mass is 302 g/mol. The minimum Gasteiger partial charge on any atom is -0.320 e. The molecule has 23 heavy (non-hydrogen) atoms. The fourth-order valence-electron chi connectivity index (χ4n) is 3.04. The van der Waals surface area contributed by atoms with Crippen molar-refractivity contribution in [3.8, 4) is 0 Å². The third kappa shape index (κ3) is 3.34. The number of benzene rings is 3. The second kappa shape index (κ2) is 7.23. The van der Waals surface area contributed by atoms with Crippen LogP contribution < -0.4 is 11.1 Å². The van der Waals surface area contributed by atoms with E-state index in [4.69, 9.17) is 5.73 Å². The van der Waals surface area contributed by atoms with Gasteiger partial charge in [0.25, 0.3) is 0 Å². The van der Waals surface area contributed by atoms with E-state index in [9.17, 15) is 0 Å². The molecule has 0 saturated carbocycles. The zero-order valence-corrected chi connectivity index (χ0v) is 13.3. The quantitative estimate of drug-likeness (QED) is 0.746. The maximum Gasteiger partial charge on any atom is 0.0577 e. The Morgan fingerprint density at radius 1 is 0.652 bits per heavy atom. The molecule has 2 nitrogen and oxygen atoms in total. The van der Waals surface area contributed by atoms with Crippen molar-refractivity contribution in [2.24, 2.45) is 5.73 Å². The summed E-state index contributed by atoms with van der Waals surface area (Å²) < 4.78 is 0. The van der Waals surface area contributed by atoms with Crippen LogP contribution in [0.15, 0.2) is 84.9 Å². The van der Waals surface area contributed by atoms with E-state index in [1.54, 1.807) is 0 Å². The van der Waals surface area contributed by atoms with Crippen molar-refractivity contribution in [1.29, 1.82) is 0 Å². The van der Waals surface area contributed by atoms with Gasteiger partial charge in [-0.3, -0.25) is 0 Å². The van der Waals surface area contributed by atoms with E-state index in [1.165, 1.54) is 11.1 Å². The fourth-order valence-corrected chi connectivity index (χ4v) is 3.04. The van der Waals surface area contributed by atoms with Crippen LogP contribution in [-0.2, 0) is 0 Å². The van der Waals surface area contributed by atoms with Crippen molar-refractivity contribution >= 4 is 0 Å². The Morgan fingerprint density at radius 2 is 1.13 bits per heavy atom. The first-order valence-electron chi connectivity index (χ1n) is 7.93. The molecule has 0 aliphatic heterocycles. The fraction of sp³-hybridized carbons (Fsp3) is 0.143. The lowest BCUT2D eigenvalue weighted by atomic mass is 9.89. The summed E-state index contributed by atoms with van der Waals surface area (Å²) in [5.41, 5.74) is 11.3. The predicted octanol–water partition coefficient (Wildman–Crippen LogP) is 4.04. The molecule has 3 aromatic rings. The Labute approximate surface area is 138 Å². The van der Waals surface area contributed by atoms with Crippen LogP contribution >= 0.6 is 0 Å². The van der Waals surface area contributed by atoms with Crippen LogP contribution in [0.3, 0.4) is 0 Å². The molecule has 0 fully saturated rings. The average Bonchev–Trinajstić information content (AvgIpc) is 2.64. The molecule has 0 aliphatic carbocycles. The second-order valence-corrected chi connectivity index (χ2v) is 5.65. The summed E-state index contributed by atoms with van der Waals surface area (Å²) in [4.78, 5) is 0. The van der Waals surface area contributed by atoms with Crippen molar-refractivity contribution in [3.05, 3.63) is 107 Å². The van der Waals surface area contributed by atoms with Crippen LogP contribution in [-0.4, -0.2) is 7.05 Å². The van der Waals surface area contributed by atoms with Crippen LogP contribution in [0.4, 0.5) is 0 Å². The largest absolute Gasteiger partial charge is 0.320 e. The first kappa shape index (κ1) is 15.5. The number of rotatable bonds is 5. The molecule has 0 saturated heterocycles. The molecule has 3 N–H and O–H groups in total. The topological polar surface area (TPSA) is 38.0 Å². The number of hydrogen-bond acceptors (Lipinski definition) is 2. The summed E-state index contributed by atoms with van der Waals surface area (Å²) in [7, 11) is 1.99. The molecule has 0 aliphatic rings. The third-order valence-electron chi connectivity index (χ3n) is 4.22. The van der Waals surface area contributed by atoms with Crippen LogP contribution in [0.2, 0.25) is 0 Å². The molecule has 2 unspecified atom stereocenters. The molecule has 0 heterocycles. The molecular formula is C21H22N2. The zero-order valence-electron chi connectivity index (χ0n) is 13.3. The highest BCUT2D eigenvalue weighted by Crippen LogP contribution is 2.30. The molecule has 2 heteroatoms. The van der Waals surface area contributed by atoms with E-state index < -0.39 is 0 Å². The van der Waals surface area contributed by atoms with Crippen molar-refractivity contribution in [2.45, 2.75) is 12.1 Å². The molecule has 0 aromatic heterocycles. The molecule has 0 spiro atoms. The number of nitrogens with one attached hydrogen (secondary N) is 1. The van der Waals surface area contributed by atoms with Crippen molar-refractivity contribution in [1.82, 2.24) is 5.32 Å². The summed E-state index contributed by atoms with van der Waals surface area (Å²) in [6.07, 6.45) is 0. The Balaban J connectivity index is 2.04. The lowest BCUT2D eigenvalue weighted by molar-refractivity contribution is 0.675. The first-order chi connectivity index (χ1) is 11.3. The van der Waals surface area contributed by atoms with E-state index in [0.717, 1.165) is 11.1 Å². The predicted molar refractivity (Wildman–Crippen MR) is 96.3 cm³/mol. The van der Waals surface area contributed by atoms with Crippen LogP contribution in [0.25, 0.3) is 0 Å². The highest BCUT2D eigenvalue weighted by atomic mass is 14.9. The SMILES string of the molecule is CNC(c1ccccc1)c1ccccc1C(N)c1ccccc1. The van der Waals surface area contributed by atoms with Gasteiger partial charge in [0, 0.05) is 0 Å². The Hall–Kier alpha value is -2.42. The van der Waals surface area contributed by atoms with Crippen LogP contribution in [0.1, 0.15) is 34.3 Å². The first-order valence-corrected chi connectivity index (χ1v) is 7.93. The van der Waals surface area contributed by atoms with Crippen LogP contribution in [0, 0.1) is 0 Å². The smallest absolute Gasteiger partial charge is 0.0577 e. The van der Waals surface area contributed by atoms with Gasteiger partial charge in [0.1, 0.15) is 0 Å². The molecule has 3 aromatic carbocycles. The van der Waals surface area contributed by atoms with E-state index in [2.05, 4.69) is 66.0 Å². The summed E-state index contributed by atoms with van der Waals surface area (Å²) in [6, 6.07) is 29.1. The number of hydrogen-bond donors (Lipinski definition) is 2. The standard InChI is InChI=1S/C21H22N2/c1-23-21(17-12-6-3-7-13-17)19-15-9-8-14-18(19)20(22)16-10-4-2-5-11-16/h2-15,20-21,23H,22H2,1H3. The van der Waals surface area contributed by atoms with E-state index in [0.29, 0.717) is 0 Å². The van der Waals surface area contributed by atoms with Crippen molar-refractivity contribution in [3.63, 3.8) is 0 Å². The van der Waals surface area contributed by atoms with Gasteiger partial charge in [-0.2, -0.15) is 0 Å². The van der Waals surface area contributed by atoms with Crippen molar-refractivity contribution < 1.29 is 0 Å². The van der Waals surface area contributed by atoms with Gasteiger partial charge in [0.15, 0.2) is 0 Å². The highest BCUT2D eigenvalue weighted by Gasteiger charge is 2.19. The van der Waals surface area contributed by atoms with Gasteiger partial charge in [0.2, 0.25) is 0 Å². The Bertz CT molecular complexity index is 738. The van der Waals surface area contributed by atoms with Gasteiger partial charge < -0.3 is 11.1 Å². The molecular weight excluding hydrogens is 280 g/mol. The third-order valence-corrected chi connectivity index (χ3v) is 4.22. The average molecular weight is 302 g/mol. The van der Waals surface area contributed by atoms with Gasteiger partial charge in [-0.05, 0) is 29.3 Å². The lowest BCUT2D eigenvalue weighted by Crippen LogP contribution is -2.22. The minimum absolute atomic E-state index is 0.127. The van der Waals surface area contributed by atoms with E-state index in [-0.39, 0.29) is 12.1 Å². The van der Waals surface area contributed by atoms with Gasteiger partial charge in [-0.25, -0.2) is 0 Å². The maximum absolute atomic E-state index is 6.56. The summed E-state index contributed by atoms with van der Waals surface area (Å²) in [5, 5.41) is 3.43.